The second-order valence-electron chi connectivity index (χ2n) is 8.42. The summed E-state index contributed by atoms with van der Waals surface area (Å²) in [4.78, 5) is 0. The first-order valence-corrected chi connectivity index (χ1v) is 10.8. The zero-order valence-electron chi connectivity index (χ0n) is 18.3. The van der Waals surface area contributed by atoms with E-state index in [4.69, 9.17) is 4.74 Å². The Kier molecular flexibility index (Phi) is 5.37. The minimum atomic E-state index is -0.811. The summed E-state index contributed by atoms with van der Waals surface area (Å²) in [6.07, 6.45) is 2.80. The van der Waals surface area contributed by atoms with Gasteiger partial charge in [0.2, 0.25) is 0 Å². The molecular formula is C28H22O7. The Bertz CT molecular complexity index is 1420. The molecule has 35 heavy (non-hydrogen) atoms. The first-order valence-electron chi connectivity index (χ1n) is 10.8. The largest absolute Gasteiger partial charge is 0.508 e. The standard InChI is InChI=1S/C28H22O7/c29-18-5-3-15(4-6-18)1-2-16-9-24(34)27-25(10-16)35-28(22-8-7-19(30)14-23(22)33)26(27)17-11-20(31)13-21(32)12-17/h1-14,26,28-34H. The number of phenols is 6. The molecule has 1 aliphatic rings. The summed E-state index contributed by atoms with van der Waals surface area (Å²) in [6.45, 7) is 0. The molecule has 0 aromatic heterocycles. The Morgan fingerprint density at radius 3 is 1.91 bits per heavy atom. The Labute approximate surface area is 200 Å². The van der Waals surface area contributed by atoms with Crippen molar-refractivity contribution < 1.29 is 35.4 Å². The van der Waals surface area contributed by atoms with Gasteiger partial charge in [-0.25, -0.2) is 0 Å². The summed E-state index contributed by atoms with van der Waals surface area (Å²) in [7, 11) is 0. The van der Waals surface area contributed by atoms with Crippen LogP contribution < -0.4 is 4.74 Å². The summed E-state index contributed by atoms with van der Waals surface area (Å²) in [5, 5.41) is 60.9. The lowest BCUT2D eigenvalue weighted by molar-refractivity contribution is 0.217. The highest BCUT2D eigenvalue weighted by molar-refractivity contribution is 5.73. The molecule has 1 heterocycles. The zero-order chi connectivity index (χ0) is 24.7. The highest BCUT2D eigenvalue weighted by Gasteiger charge is 2.40. The molecule has 0 fully saturated rings. The van der Waals surface area contributed by atoms with Crippen molar-refractivity contribution in [2.24, 2.45) is 0 Å². The first-order chi connectivity index (χ1) is 16.8. The van der Waals surface area contributed by atoms with Crippen LogP contribution in [0.5, 0.6) is 40.2 Å². The lowest BCUT2D eigenvalue weighted by atomic mass is 9.84. The number of ether oxygens (including phenoxy) is 1. The molecule has 7 heteroatoms. The van der Waals surface area contributed by atoms with E-state index in [1.807, 2.05) is 6.08 Å². The van der Waals surface area contributed by atoms with E-state index in [1.165, 1.54) is 36.4 Å². The van der Waals surface area contributed by atoms with E-state index in [-0.39, 0.29) is 34.5 Å². The van der Waals surface area contributed by atoms with Crippen LogP contribution in [-0.4, -0.2) is 30.6 Å². The van der Waals surface area contributed by atoms with Crippen molar-refractivity contribution in [2.45, 2.75) is 12.0 Å². The molecule has 0 bridgehead atoms. The summed E-state index contributed by atoms with van der Waals surface area (Å²) >= 11 is 0. The topological polar surface area (TPSA) is 131 Å². The van der Waals surface area contributed by atoms with E-state index < -0.39 is 12.0 Å². The van der Waals surface area contributed by atoms with Gasteiger partial charge in [-0.15, -0.1) is 0 Å². The monoisotopic (exact) mass is 470 g/mol. The van der Waals surface area contributed by atoms with Crippen LogP contribution in [-0.2, 0) is 0 Å². The maximum Gasteiger partial charge on any atom is 0.138 e. The molecule has 0 saturated heterocycles. The van der Waals surface area contributed by atoms with Crippen LogP contribution in [0.2, 0.25) is 0 Å². The Morgan fingerprint density at radius 2 is 1.23 bits per heavy atom. The number of aromatic hydroxyl groups is 6. The third-order valence-corrected chi connectivity index (χ3v) is 5.98. The lowest BCUT2D eigenvalue weighted by Gasteiger charge is -2.21. The fourth-order valence-electron chi connectivity index (χ4n) is 4.43. The maximum absolute atomic E-state index is 11.0. The van der Waals surface area contributed by atoms with Crippen molar-refractivity contribution in [3.05, 3.63) is 101 Å². The van der Waals surface area contributed by atoms with Crippen molar-refractivity contribution in [3.8, 4) is 40.2 Å². The van der Waals surface area contributed by atoms with Crippen LogP contribution in [0.4, 0.5) is 0 Å². The molecule has 4 aromatic carbocycles. The van der Waals surface area contributed by atoms with Gasteiger partial charge in [0.05, 0.1) is 5.92 Å². The maximum atomic E-state index is 11.0. The summed E-state index contributed by atoms with van der Waals surface area (Å²) in [6, 6.07) is 18.3. The van der Waals surface area contributed by atoms with Crippen LogP contribution in [0, 0.1) is 0 Å². The minimum absolute atomic E-state index is 0.0542. The highest BCUT2D eigenvalue weighted by Crippen LogP contribution is 2.55. The van der Waals surface area contributed by atoms with Crippen molar-refractivity contribution >= 4 is 12.2 Å². The number of hydrogen-bond donors (Lipinski definition) is 6. The molecule has 0 radical (unpaired) electrons. The van der Waals surface area contributed by atoms with Crippen LogP contribution in [0.3, 0.4) is 0 Å². The van der Waals surface area contributed by atoms with E-state index in [0.717, 1.165) is 5.56 Å². The molecular weight excluding hydrogens is 448 g/mol. The van der Waals surface area contributed by atoms with Gasteiger partial charge in [0.15, 0.2) is 0 Å². The van der Waals surface area contributed by atoms with Gasteiger partial charge in [-0.3, -0.25) is 0 Å². The molecule has 7 nitrogen and oxygen atoms in total. The van der Waals surface area contributed by atoms with Crippen LogP contribution in [0.15, 0.2) is 72.8 Å². The number of hydrogen-bond acceptors (Lipinski definition) is 7. The lowest BCUT2D eigenvalue weighted by Crippen LogP contribution is -2.11. The Hall–Kier alpha value is -4.78. The highest BCUT2D eigenvalue weighted by atomic mass is 16.5. The fraction of sp³-hybridized carbons (Fsp3) is 0.0714. The predicted octanol–water partition coefficient (Wildman–Crippen LogP) is 5.36. The van der Waals surface area contributed by atoms with Gasteiger partial charge < -0.3 is 35.4 Å². The number of rotatable bonds is 4. The van der Waals surface area contributed by atoms with Crippen molar-refractivity contribution in [3.63, 3.8) is 0 Å². The normalized spacial score (nSPS) is 16.8. The number of fused-ring (bicyclic) bond motifs is 1. The quantitative estimate of drug-likeness (QED) is 0.222. The van der Waals surface area contributed by atoms with Gasteiger partial charge in [-0.2, -0.15) is 0 Å². The summed E-state index contributed by atoms with van der Waals surface area (Å²) in [5.41, 5.74) is 2.79. The van der Waals surface area contributed by atoms with E-state index in [0.29, 0.717) is 28.0 Å². The molecule has 176 valence electrons. The molecule has 1 aliphatic heterocycles. The second kappa shape index (κ2) is 8.53. The van der Waals surface area contributed by atoms with Gasteiger partial charge in [0.1, 0.15) is 46.4 Å². The minimum Gasteiger partial charge on any atom is -0.508 e. The molecule has 0 saturated carbocycles. The van der Waals surface area contributed by atoms with E-state index in [1.54, 1.807) is 42.5 Å². The molecule has 5 rings (SSSR count). The molecule has 0 aliphatic carbocycles. The molecule has 6 N–H and O–H groups in total. The smallest absolute Gasteiger partial charge is 0.138 e. The molecule has 2 unspecified atom stereocenters. The van der Waals surface area contributed by atoms with Crippen LogP contribution >= 0.6 is 0 Å². The zero-order valence-corrected chi connectivity index (χ0v) is 18.3. The third kappa shape index (κ3) is 4.27. The number of phenolic OH excluding ortho intramolecular Hbond substituents is 6. The van der Waals surface area contributed by atoms with Gasteiger partial charge in [0.25, 0.3) is 0 Å². The van der Waals surface area contributed by atoms with E-state index in [2.05, 4.69) is 0 Å². The van der Waals surface area contributed by atoms with Gasteiger partial charge in [-0.05, 0) is 65.2 Å². The summed E-state index contributed by atoms with van der Waals surface area (Å²) in [5.74, 6) is -0.805. The molecule has 4 aromatic rings. The second-order valence-corrected chi connectivity index (χ2v) is 8.42. The average Bonchev–Trinajstić information content (AvgIpc) is 3.18. The molecule has 0 amide bonds. The Balaban J connectivity index is 1.61. The SMILES string of the molecule is Oc1ccc(C=Cc2cc(O)c3c(c2)OC(c2ccc(O)cc2O)C3c2cc(O)cc(O)c2)cc1. The summed E-state index contributed by atoms with van der Waals surface area (Å²) < 4.78 is 6.22. The van der Waals surface area contributed by atoms with Crippen LogP contribution in [0.25, 0.3) is 12.2 Å². The van der Waals surface area contributed by atoms with Crippen LogP contribution in [0.1, 0.15) is 39.8 Å². The van der Waals surface area contributed by atoms with Gasteiger partial charge in [-0.1, -0.05) is 24.3 Å². The predicted molar refractivity (Wildman–Crippen MR) is 130 cm³/mol. The van der Waals surface area contributed by atoms with E-state index >= 15 is 0 Å². The van der Waals surface area contributed by atoms with E-state index in [9.17, 15) is 30.6 Å². The fourth-order valence-corrected chi connectivity index (χ4v) is 4.43. The molecule has 0 spiro atoms. The Morgan fingerprint density at radius 1 is 0.571 bits per heavy atom. The third-order valence-electron chi connectivity index (χ3n) is 5.98. The molecule has 2 atom stereocenters. The van der Waals surface area contributed by atoms with Crippen molar-refractivity contribution in [2.75, 3.05) is 0 Å². The average molecular weight is 470 g/mol. The van der Waals surface area contributed by atoms with Gasteiger partial charge >= 0.3 is 0 Å². The van der Waals surface area contributed by atoms with Crippen molar-refractivity contribution in [1.82, 2.24) is 0 Å². The first kappa shape index (κ1) is 22.0. The van der Waals surface area contributed by atoms with Gasteiger partial charge in [0, 0.05) is 23.3 Å². The number of benzene rings is 4. The van der Waals surface area contributed by atoms with Crippen molar-refractivity contribution in [1.29, 1.82) is 0 Å².